The molecule has 4 rings (SSSR count). The summed E-state index contributed by atoms with van der Waals surface area (Å²) in [6.45, 7) is 1.96. The van der Waals surface area contributed by atoms with Crippen molar-refractivity contribution in [3.8, 4) is 5.75 Å². The van der Waals surface area contributed by atoms with E-state index in [4.69, 9.17) is 4.74 Å². The van der Waals surface area contributed by atoms with Gasteiger partial charge >= 0.3 is 0 Å². The molecule has 1 heterocycles. The van der Waals surface area contributed by atoms with E-state index in [2.05, 4.69) is 18.2 Å². The van der Waals surface area contributed by atoms with Crippen LogP contribution in [0.3, 0.4) is 0 Å². The molecule has 5 unspecified atom stereocenters. The van der Waals surface area contributed by atoms with E-state index in [0.29, 0.717) is 6.42 Å². The van der Waals surface area contributed by atoms with E-state index in [1.165, 1.54) is 11.1 Å². The molecular formula is C23H27NO3. The van der Waals surface area contributed by atoms with Crippen molar-refractivity contribution in [3.05, 3.63) is 70.4 Å². The first-order valence-corrected chi connectivity index (χ1v) is 9.92. The highest BCUT2D eigenvalue weighted by molar-refractivity contribution is 5.91. The molecule has 0 aromatic heterocycles. The molecule has 1 aliphatic heterocycles. The zero-order valence-corrected chi connectivity index (χ0v) is 16.0. The van der Waals surface area contributed by atoms with Crippen LogP contribution in [0.2, 0.25) is 0 Å². The summed E-state index contributed by atoms with van der Waals surface area (Å²) in [7, 11) is 1.67. The summed E-state index contributed by atoms with van der Waals surface area (Å²) in [6.07, 6.45) is 3.11. The molecule has 4 nitrogen and oxygen atoms in total. The number of nitrogens with one attached hydrogen (secondary N) is 1. The maximum absolute atomic E-state index is 13.3. The predicted octanol–water partition coefficient (Wildman–Crippen LogP) is 2.70. The van der Waals surface area contributed by atoms with Crippen molar-refractivity contribution in [1.82, 2.24) is 0 Å². The lowest BCUT2D eigenvalue weighted by Gasteiger charge is -2.50. The number of carbonyl (C=O) groups is 1. The van der Waals surface area contributed by atoms with Crippen molar-refractivity contribution < 1.29 is 14.6 Å². The van der Waals surface area contributed by atoms with E-state index in [1.54, 1.807) is 7.11 Å². The zero-order valence-electron chi connectivity index (χ0n) is 16.0. The summed E-state index contributed by atoms with van der Waals surface area (Å²) < 4.78 is 5.36. The van der Waals surface area contributed by atoms with Gasteiger partial charge in [0.05, 0.1) is 19.1 Å². The zero-order chi connectivity index (χ0) is 19.0. The molecule has 1 aliphatic carbocycles. The highest BCUT2D eigenvalue weighted by atomic mass is 16.5. The first kappa shape index (κ1) is 18.2. The van der Waals surface area contributed by atoms with E-state index in [9.17, 15) is 10.0 Å². The Hall–Kier alpha value is -2.17. The number of ketones is 1. The Balaban J connectivity index is 1.73. The molecule has 0 saturated carbocycles. The highest BCUT2D eigenvalue weighted by Crippen LogP contribution is 2.42. The van der Waals surface area contributed by atoms with Crippen LogP contribution in [0.1, 0.15) is 42.4 Å². The van der Waals surface area contributed by atoms with Gasteiger partial charge < -0.3 is 15.0 Å². The monoisotopic (exact) mass is 365 g/mol. The number of Topliss-reactive ketones (excluding diaryl/α,β-unsaturated/α-hetero) is 1. The average molecular weight is 365 g/mol. The molecule has 1 N–H and O–H groups in total. The standard InChI is InChI=1S/C23H27NO3/c1-3-20-23(25)22-18-12-10-17(27-2)14-16(18)9-11-19(22)21(24(20)26)13-15-7-5-4-6-8-15/h4-8,10,12,14,19-22,24H,3,9,11,13H2,1-2H3. The third-order valence-corrected chi connectivity index (χ3v) is 6.44. The first-order valence-electron chi connectivity index (χ1n) is 9.92. The number of piperidine rings is 1. The fraction of sp³-hybridized carbons (Fsp3) is 0.435. The molecule has 4 heteroatoms. The van der Waals surface area contributed by atoms with Crippen molar-refractivity contribution in [1.29, 1.82) is 0 Å². The van der Waals surface area contributed by atoms with Crippen LogP contribution in [0.5, 0.6) is 5.75 Å². The third-order valence-electron chi connectivity index (χ3n) is 6.44. The van der Waals surface area contributed by atoms with Crippen molar-refractivity contribution in [3.63, 3.8) is 0 Å². The third kappa shape index (κ3) is 3.17. The van der Waals surface area contributed by atoms with Crippen LogP contribution in [0.15, 0.2) is 48.5 Å². The molecule has 5 atom stereocenters. The summed E-state index contributed by atoms with van der Waals surface area (Å²) in [5.74, 6) is 0.909. The smallest absolute Gasteiger partial charge is 0.198 e. The van der Waals surface area contributed by atoms with Crippen LogP contribution in [-0.2, 0) is 17.6 Å². The summed E-state index contributed by atoms with van der Waals surface area (Å²) in [4.78, 5) is 13.3. The molecule has 2 aromatic carbocycles. The predicted molar refractivity (Wildman–Crippen MR) is 105 cm³/mol. The Labute approximate surface area is 160 Å². The Kier molecular flexibility index (Phi) is 5.02. The van der Waals surface area contributed by atoms with Gasteiger partial charge in [0.25, 0.3) is 0 Å². The van der Waals surface area contributed by atoms with Crippen molar-refractivity contribution in [2.24, 2.45) is 5.92 Å². The number of carbonyl (C=O) groups excluding carboxylic acids is 1. The number of hydrogen-bond donors (Lipinski definition) is 1. The lowest BCUT2D eigenvalue weighted by molar-refractivity contribution is -0.900. The number of hydrogen-bond acceptors (Lipinski definition) is 3. The Morgan fingerprint density at radius 3 is 2.67 bits per heavy atom. The number of rotatable bonds is 4. The number of fused-ring (bicyclic) bond motifs is 3. The van der Waals surface area contributed by atoms with Crippen LogP contribution >= 0.6 is 0 Å². The van der Waals surface area contributed by atoms with E-state index in [1.807, 2.05) is 37.3 Å². The Bertz CT molecular complexity index is 820. The summed E-state index contributed by atoms with van der Waals surface area (Å²) >= 11 is 0. The number of ether oxygens (including phenoxy) is 1. The maximum atomic E-state index is 13.3. The number of hydroxylamine groups is 2. The largest absolute Gasteiger partial charge is 0.634 e. The van der Waals surface area contributed by atoms with Gasteiger partial charge in [-0.3, -0.25) is 4.79 Å². The lowest BCUT2D eigenvalue weighted by Crippen LogP contribution is -3.18. The van der Waals surface area contributed by atoms with Gasteiger partial charge in [-0.1, -0.05) is 43.3 Å². The molecular weight excluding hydrogens is 338 g/mol. The Morgan fingerprint density at radius 1 is 1.19 bits per heavy atom. The number of methoxy groups -OCH3 is 1. The highest BCUT2D eigenvalue weighted by Gasteiger charge is 2.50. The lowest BCUT2D eigenvalue weighted by atomic mass is 9.65. The summed E-state index contributed by atoms with van der Waals surface area (Å²) in [5, 5.41) is 13.4. The molecule has 0 bridgehead atoms. The molecule has 2 aromatic rings. The minimum Gasteiger partial charge on any atom is -0.634 e. The second kappa shape index (κ2) is 7.45. The van der Waals surface area contributed by atoms with Gasteiger partial charge in [0.2, 0.25) is 0 Å². The average Bonchev–Trinajstić information content (AvgIpc) is 2.71. The number of benzene rings is 2. The van der Waals surface area contributed by atoms with Gasteiger partial charge in [-0.05, 0) is 41.7 Å². The van der Waals surface area contributed by atoms with Gasteiger partial charge in [-0.25, -0.2) is 0 Å². The fourth-order valence-corrected chi connectivity index (χ4v) is 5.09. The van der Waals surface area contributed by atoms with Gasteiger partial charge in [0.15, 0.2) is 5.78 Å². The molecule has 1 saturated heterocycles. The van der Waals surface area contributed by atoms with E-state index in [0.717, 1.165) is 30.6 Å². The van der Waals surface area contributed by atoms with Gasteiger partial charge in [-0.15, -0.1) is 0 Å². The van der Waals surface area contributed by atoms with Crippen molar-refractivity contribution in [2.45, 2.75) is 50.6 Å². The SMILES string of the molecule is CCC1C(=O)C2c3ccc(OC)cc3CCC2C(Cc2ccccc2)[NH+]1[O-]. The molecule has 27 heavy (non-hydrogen) atoms. The van der Waals surface area contributed by atoms with E-state index in [-0.39, 0.29) is 28.7 Å². The van der Waals surface area contributed by atoms with Crippen molar-refractivity contribution >= 4 is 5.78 Å². The molecule has 1 fully saturated rings. The van der Waals surface area contributed by atoms with Gasteiger partial charge in [-0.2, -0.15) is 0 Å². The topological polar surface area (TPSA) is 53.8 Å². The maximum Gasteiger partial charge on any atom is 0.198 e. The number of quaternary nitrogens is 1. The summed E-state index contributed by atoms with van der Waals surface area (Å²) in [5.41, 5.74) is 3.49. The minimum atomic E-state index is -0.465. The fourth-order valence-electron chi connectivity index (χ4n) is 5.09. The van der Waals surface area contributed by atoms with Crippen LogP contribution in [0, 0.1) is 11.1 Å². The normalized spacial score (nSPS) is 29.7. The molecule has 0 radical (unpaired) electrons. The second-order valence-electron chi connectivity index (χ2n) is 7.81. The molecule has 2 aliphatic rings. The first-order chi connectivity index (χ1) is 13.1. The van der Waals surface area contributed by atoms with Crippen molar-refractivity contribution in [2.75, 3.05) is 7.11 Å². The van der Waals surface area contributed by atoms with E-state index < -0.39 is 6.04 Å². The van der Waals surface area contributed by atoms with Crippen LogP contribution < -0.4 is 9.80 Å². The summed E-state index contributed by atoms with van der Waals surface area (Å²) in [6, 6.07) is 15.7. The van der Waals surface area contributed by atoms with Gasteiger partial charge in [0.1, 0.15) is 11.8 Å². The number of aryl methyl sites for hydroxylation is 1. The van der Waals surface area contributed by atoms with Crippen LogP contribution in [0.4, 0.5) is 0 Å². The Morgan fingerprint density at radius 2 is 1.96 bits per heavy atom. The van der Waals surface area contributed by atoms with Crippen LogP contribution in [0.25, 0.3) is 0 Å². The second-order valence-corrected chi connectivity index (χ2v) is 7.81. The van der Waals surface area contributed by atoms with Crippen LogP contribution in [-0.4, -0.2) is 25.0 Å². The minimum absolute atomic E-state index is 0.0738. The molecule has 0 amide bonds. The van der Waals surface area contributed by atoms with E-state index >= 15 is 0 Å². The molecule has 142 valence electrons. The molecule has 0 spiro atoms. The quantitative estimate of drug-likeness (QED) is 0.848. The van der Waals surface area contributed by atoms with Gasteiger partial charge in [0, 0.05) is 18.8 Å².